The van der Waals surface area contributed by atoms with E-state index < -0.39 is 17.6 Å². The number of phenolic OH excluding ortho intramolecular Hbond substituents is 1. The van der Waals surface area contributed by atoms with E-state index in [1.807, 2.05) is 50.2 Å². The Kier molecular flexibility index (Phi) is 7.44. The molecule has 0 unspecified atom stereocenters. The summed E-state index contributed by atoms with van der Waals surface area (Å²) in [5, 5.41) is 17.3. The number of aromatic hydroxyl groups is 1. The van der Waals surface area contributed by atoms with Crippen molar-refractivity contribution < 1.29 is 19.4 Å². The van der Waals surface area contributed by atoms with Gasteiger partial charge in [0.2, 0.25) is 5.91 Å². The van der Waals surface area contributed by atoms with Gasteiger partial charge in [0.15, 0.2) is 0 Å². The van der Waals surface area contributed by atoms with Crippen LogP contribution in [0.15, 0.2) is 103 Å². The molecule has 4 aromatic carbocycles. The third kappa shape index (κ3) is 6.08. The van der Waals surface area contributed by atoms with Gasteiger partial charge in [-0.1, -0.05) is 80.6 Å². The van der Waals surface area contributed by atoms with Gasteiger partial charge in [-0.2, -0.15) is 0 Å². The van der Waals surface area contributed by atoms with E-state index in [1.165, 1.54) is 6.08 Å². The summed E-state index contributed by atoms with van der Waals surface area (Å²) in [5.41, 5.74) is 7.36. The first-order valence-corrected chi connectivity index (χ1v) is 11.8. The molecule has 1 atom stereocenters. The summed E-state index contributed by atoms with van der Waals surface area (Å²) in [6.07, 6.45) is 1.66. The molecule has 4 aromatic rings. The zero-order valence-electron chi connectivity index (χ0n) is 20.6. The Morgan fingerprint density at radius 2 is 1.51 bits per heavy atom. The summed E-state index contributed by atoms with van der Waals surface area (Å²) in [6.45, 7) is 3.74. The van der Waals surface area contributed by atoms with E-state index in [-0.39, 0.29) is 11.7 Å². The summed E-state index contributed by atoms with van der Waals surface area (Å²) in [5.74, 6) is -0.242. The number of fused-ring (bicyclic) bond motifs is 1. The quantitative estimate of drug-likeness (QED) is 0.170. The van der Waals surface area contributed by atoms with Crippen LogP contribution in [-0.2, 0) is 9.53 Å². The largest absolute Gasteiger partial charge is 0.507 e. The standard InChI is InChI=1S/C30H29N3O4/c1-30(2,19-18-27(35)33-25-15-9-8-14-24(25)31)28(37-29(36)32-20-10-4-3-5-11-20)23-16-17-26(34)22-13-7-6-12-21(22)23/h3-19,28,34H,31H2,1-2H3,(H,32,36)(H,33,35)/b19-18+/t28-/m0/s1. The molecule has 0 bridgehead atoms. The molecule has 7 nitrogen and oxygen atoms in total. The van der Waals surface area contributed by atoms with Crippen LogP contribution in [0.25, 0.3) is 10.8 Å². The van der Waals surface area contributed by atoms with Gasteiger partial charge in [-0.05, 0) is 41.8 Å². The van der Waals surface area contributed by atoms with Crippen molar-refractivity contribution in [3.8, 4) is 5.75 Å². The Balaban J connectivity index is 1.66. The van der Waals surface area contributed by atoms with Gasteiger partial charge in [0, 0.05) is 22.1 Å². The maximum absolute atomic E-state index is 13.0. The van der Waals surface area contributed by atoms with Crippen molar-refractivity contribution in [3.63, 3.8) is 0 Å². The van der Waals surface area contributed by atoms with Gasteiger partial charge in [-0.3, -0.25) is 10.1 Å². The van der Waals surface area contributed by atoms with E-state index in [2.05, 4.69) is 10.6 Å². The number of hydrogen-bond donors (Lipinski definition) is 4. The molecule has 0 spiro atoms. The summed E-state index contributed by atoms with van der Waals surface area (Å²) in [4.78, 5) is 25.6. The third-order valence-electron chi connectivity index (χ3n) is 6.02. The number of carbonyl (C=O) groups is 2. The van der Waals surface area contributed by atoms with E-state index in [0.717, 1.165) is 5.39 Å². The van der Waals surface area contributed by atoms with Gasteiger partial charge in [0.1, 0.15) is 11.9 Å². The molecule has 0 saturated heterocycles. The lowest BCUT2D eigenvalue weighted by Crippen LogP contribution is -2.28. The average molecular weight is 496 g/mol. The van der Waals surface area contributed by atoms with E-state index in [4.69, 9.17) is 10.5 Å². The zero-order chi connectivity index (χ0) is 26.4. The van der Waals surface area contributed by atoms with Crippen molar-refractivity contribution in [2.75, 3.05) is 16.4 Å². The number of carbonyl (C=O) groups excluding carboxylic acids is 2. The second kappa shape index (κ2) is 10.9. The van der Waals surface area contributed by atoms with Crippen molar-refractivity contribution in [2.24, 2.45) is 5.41 Å². The van der Waals surface area contributed by atoms with Crippen LogP contribution in [-0.4, -0.2) is 17.1 Å². The molecule has 2 amide bonds. The fourth-order valence-corrected chi connectivity index (χ4v) is 4.09. The zero-order valence-corrected chi connectivity index (χ0v) is 20.6. The minimum absolute atomic E-state index is 0.125. The minimum Gasteiger partial charge on any atom is -0.507 e. The van der Waals surface area contributed by atoms with Gasteiger partial charge in [0.05, 0.1) is 11.4 Å². The molecule has 188 valence electrons. The van der Waals surface area contributed by atoms with E-state index >= 15 is 0 Å². The van der Waals surface area contributed by atoms with Gasteiger partial charge >= 0.3 is 6.09 Å². The van der Waals surface area contributed by atoms with E-state index in [9.17, 15) is 14.7 Å². The summed E-state index contributed by atoms with van der Waals surface area (Å²) in [7, 11) is 0. The second-order valence-corrected chi connectivity index (χ2v) is 9.23. The van der Waals surface area contributed by atoms with Crippen molar-refractivity contribution in [1.82, 2.24) is 0 Å². The third-order valence-corrected chi connectivity index (χ3v) is 6.02. The highest BCUT2D eigenvalue weighted by Gasteiger charge is 2.34. The molecule has 5 N–H and O–H groups in total. The van der Waals surface area contributed by atoms with Crippen LogP contribution >= 0.6 is 0 Å². The molecule has 0 aliphatic rings. The number of ether oxygens (including phenoxy) is 1. The first-order valence-electron chi connectivity index (χ1n) is 11.8. The lowest BCUT2D eigenvalue weighted by atomic mass is 9.80. The molecule has 0 radical (unpaired) electrons. The molecule has 0 aliphatic heterocycles. The van der Waals surface area contributed by atoms with Crippen molar-refractivity contribution in [1.29, 1.82) is 0 Å². The number of nitrogen functional groups attached to an aromatic ring is 1. The predicted molar refractivity (Wildman–Crippen MR) is 147 cm³/mol. The van der Waals surface area contributed by atoms with Crippen LogP contribution in [0.2, 0.25) is 0 Å². The molecule has 0 heterocycles. The Hall–Kier alpha value is -4.78. The monoisotopic (exact) mass is 495 g/mol. The molecule has 4 rings (SSSR count). The Morgan fingerprint density at radius 1 is 0.865 bits per heavy atom. The number of nitrogens with two attached hydrogens (primary N) is 1. The summed E-state index contributed by atoms with van der Waals surface area (Å²) >= 11 is 0. The molecule has 0 aliphatic carbocycles. The van der Waals surface area contributed by atoms with E-state index in [1.54, 1.807) is 60.7 Å². The minimum atomic E-state index is -0.826. The highest BCUT2D eigenvalue weighted by molar-refractivity contribution is 6.01. The number of rotatable bonds is 7. The summed E-state index contributed by atoms with van der Waals surface area (Å²) in [6, 6.07) is 26.6. The molecular formula is C30H29N3O4. The number of hydrogen-bond acceptors (Lipinski definition) is 5. The second-order valence-electron chi connectivity index (χ2n) is 9.23. The SMILES string of the molecule is CC(C)(/C=C/C(=O)Nc1ccccc1N)[C@@H](OC(=O)Nc1ccccc1)c1ccc(O)c2ccccc12. The highest BCUT2D eigenvalue weighted by Crippen LogP contribution is 2.42. The van der Waals surface area contributed by atoms with Crippen molar-refractivity contribution in [3.05, 3.63) is 109 Å². The number of amides is 2. The Bertz CT molecular complexity index is 1450. The molecule has 0 saturated carbocycles. The predicted octanol–water partition coefficient (Wildman–Crippen LogP) is 6.64. The van der Waals surface area contributed by atoms with Crippen molar-refractivity contribution >= 4 is 39.8 Å². The number of phenols is 1. The normalized spacial score (nSPS) is 12.3. The maximum atomic E-state index is 13.0. The topological polar surface area (TPSA) is 114 Å². The highest BCUT2D eigenvalue weighted by atomic mass is 16.6. The number of nitrogens with one attached hydrogen (secondary N) is 2. The van der Waals surface area contributed by atoms with E-state index in [0.29, 0.717) is 28.0 Å². The average Bonchev–Trinajstić information content (AvgIpc) is 2.89. The van der Waals surface area contributed by atoms with Gasteiger partial charge in [-0.15, -0.1) is 0 Å². The molecule has 0 aromatic heterocycles. The van der Waals surface area contributed by atoms with Crippen molar-refractivity contribution in [2.45, 2.75) is 20.0 Å². The molecule has 7 heteroatoms. The van der Waals surface area contributed by atoms with Gasteiger partial charge in [-0.25, -0.2) is 4.79 Å². The fourth-order valence-electron chi connectivity index (χ4n) is 4.09. The van der Waals surface area contributed by atoms with Crippen LogP contribution in [0, 0.1) is 5.41 Å². The summed E-state index contributed by atoms with van der Waals surface area (Å²) < 4.78 is 5.99. The van der Waals surface area contributed by atoms with Gasteiger partial charge < -0.3 is 20.9 Å². The van der Waals surface area contributed by atoms with Crippen LogP contribution in [0.4, 0.5) is 21.9 Å². The lowest BCUT2D eigenvalue weighted by molar-refractivity contribution is -0.112. The number of para-hydroxylation sites is 3. The molecule has 37 heavy (non-hydrogen) atoms. The fraction of sp³-hybridized carbons (Fsp3) is 0.133. The number of anilines is 3. The maximum Gasteiger partial charge on any atom is 0.412 e. The Morgan fingerprint density at radius 3 is 2.24 bits per heavy atom. The first-order chi connectivity index (χ1) is 17.7. The molecule has 0 fully saturated rings. The first kappa shape index (κ1) is 25.3. The van der Waals surface area contributed by atoms with Crippen LogP contribution < -0.4 is 16.4 Å². The molecular weight excluding hydrogens is 466 g/mol. The smallest absolute Gasteiger partial charge is 0.412 e. The lowest BCUT2D eigenvalue weighted by Gasteiger charge is -2.32. The van der Waals surface area contributed by atoms with Gasteiger partial charge in [0.25, 0.3) is 0 Å². The Labute approximate surface area is 215 Å². The van der Waals surface area contributed by atoms with Crippen LogP contribution in [0.5, 0.6) is 5.75 Å². The van der Waals surface area contributed by atoms with Crippen LogP contribution in [0.3, 0.4) is 0 Å². The number of benzene rings is 4. The van der Waals surface area contributed by atoms with Crippen LogP contribution in [0.1, 0.15) is 25.5 Å².